The molecule has 10 heteroatoms. The number of thioether (sulfide) groups is 1. The normalized spacial score (nSPS) is 12.3. The van der Waals surface area contributed by atoms with E-state index in [9.17, 15) is 18.0 Å². The predicted molar refractivity (Wildman–Crippen MR) is 134 cm³/mol. The SMILES string of the molecule is O=C(Nc1cccc(C(F)(F)F)c1)[C@H](Sc1nnc(-c2ccco2)n1-c1ccccc1)c1ccccc1. The van der Waals surface area contributed by atoms with E-state index in [1.807, 2.05) is 36.4 Å². The van der Waals surface area contributed by atoms with Gasteiger partial charge in [-0.05, 0) is 48.0 Å². The Morgan fingerprint density at radius 3 is 2.30 bits per heavy atom. The van der Waals surface area contributed by atoms with Crippen LogP contribution in [0.3, 0.4) is 0 Å². The summed E-state index contributed by atoms with van der Waals surface area (Å²) in [7, 11) is 0. The zero-order valence-electron chi connectivity index (χ0n) is 19.1. The van der Waals surface area contributed by atoms with Crippen LogP contribution in [0.5, 0.6) is 0 Å². The number of para-hydroxylation sites is 1. The number of furan rings is 1. The maximum absolute atomic E-state index is 13.5. The lowest BCUT2D eigenvalue weighted by molar-refractivity contribution is -0.137. The van der Waals surface area contributed by atoms with Crippen LogP contribution in [0.2, 0.25) is 0 Å². The number of halogens is 3. The van der Waals surface area contributed by atoms with Crippen LogP contribution in [0.1, 0.15) is 16.4 Å². The summed E-state index contributed by atoms with van der Waals surface area (Å²) in [5.41, 5.74) is 0.605. The molecule has 0 spiro atoms. The summed E-state index contributed by atoms with van der Waals surface area (Å²) in [5, 5.41) is 10.8. The summed E-state index contributed by atoms with van der Waals surface area (Å²) in [5.74, 6) is 0.439. The molecule has 0 bridgehead atoms. The van der Waals surface area contributed by atoms with Crippen LogP contribution in [-0.4, -0.2) is 20.7 Å². The second kappa shape index (κ2) is 10.4. The van der Waals surface area contributed by atoms with E-state index in [4.69, 9.17) is 4.42 Å². The zero-order chi connectivity index (χ0) is 25.8. The minimum atomic E-state index is -4.53. The Kier molecular flexibility index (Phi) is 6.82. The minimum absolute atomic E-state index is 0.0437. The third-order valence-electron chi connectivity index (χ3n) is 5.41. The molecule has 1 N–H and O–H groups in total. The third-order valence-corrected chi connectivity index (χ3v) is 6.61. The lowest BCUT2D eigenvalue weighted by Crippen LogP contribution is -2.20. The van der Waals surface area contributed by atoms with E-state index in [0.29, 0.717) is 22.3 Å². The molecule has 0 saturated carbocycles. The van der Waals surface area contributed by atoms with E-state index in [-0.39, 0.29) is 5.69 Å². The molecule has 5 rings (SSSR count). The number of benzene rings is 3. The first-order chi connectivity index (χ1) is 17.9. The molecule has 186 valence electrons. The lowest BCUT2D eigenvalue weighted by atomic mass is 10.1. The number of carbonyl (C=O) groups excluding carboxylic acids is 1. The molecule has 1 amide bonds. The van der Waals surface area contributed by atoms with Crippen LogP contribution in [0.15, 0.2) is 113 Å². The Morgan fingerprint density at radius 1 is 0.892 bits per heavy atom. The van der Waals surface area contributed by atoms with E-state index in [1.165, 1.54) is 18.4 Å². The van der Waals surface area contributed by atoms with Gasteiger partial charge in [-0.25, -0.2) is 0 Å². The van der Waals surface area contributed by atoms with Gasteiger partial charge in [0.05, 0.1) is 11.8 Å². The molecule has 1 atom stereocenters. The van der Waals surface area contributed by atoms with Crippen molar-refractivity contribution in [1.29, 1.82) is 0 Å². The van der Waals surface area contributed by atoms with Gasteiger partial charge in [-0.3, -0.25) is 9.36 Å². The van der Waals surface area contributed by atoms with Crippen LogP contribution < -0.4 is 5.32 Å². The quantitative estimate of drug-likeness (QED) is 0.234. The first-order valence-corrected chi connectivity index (χ1v) is 12.0. The molecule has 3 aromatic carbocycles. The van der Waals surface area contributed by atoms with Crippen LogP contribution in [0.4, 0.5) is 18.9 Å². The first kappa shape index (κ1) is 24.4. The van der Waals surface area contributed by atoms with Gasteiger partial charge in [0.15, 0.2) is 10.9 Å². The van der Waals surface area contributed by atoms with Gasteiger partial charge in [-0.15, -0.1) is 10.2 Å². The van der Waals surface area contributed by atoms with Gasteiger partial charge in [-0.2, -0.15) is 13.2 Å². The van der Waals surface area contributed by atoms with Crippen LogP contribution in [0, 0.1) is 0 Å². The number of alkyl halides is 3. The van der Waals surface area contributed by atoms with Crippen molar-refractivity contribution in [3.05, 3.63) is 114 Å². The number of hydrogen-bond donors (Lipinski definition) is 1. The molecule has 2 aromatic heterocycles. The molecule has 2 heterocycles. The van der Waals surface area contributed by atoms with Crippen molar-refractivity contribution in [3.8, 4) is 17.3 Å². The highest BCUT2D eigenvalue weighted by atomic mass is 32.2. The van der Waals surface area contributed by atoms with E-state index in [1.54, 1.807) is 41.0 Å². The number of rotatable bonds is 7. The van der Waals surface area contributed by atoms with Crippen molar-refractivity contribution < 1.29 is 22.4 Å². The average Bonchev–Trinajstić information content (AvgIpc) is 3.58. The second-order valence-electron chi connectivity index (χ2n) is 7.93. The highest BCUT2D eigenvalue weighted by Crippen LogP contribution is 2.38. The number of amides is 1. The molecule has 37 heavy (non-hydrogen) atoms. The average molecular weight is 521 g/mol. The number of nitrogens with zero attached hydrogens (tertiary/aromatic N) is 3. The molecule has 0 saturated heterocycles. The summed E-state index contributed by atoms with van der Waals surface area (Å²) < 4.78 is 46.9. The molecular formula is C27H19F3N4O2S. The van der Waals surface area contributed by atoms with Gasteiger partial charge in [0.1, 0.15) is 5.25 Å². The largest absolute Gasteiger partial charge is 0.461 e. The van der Waals surface area contributed by atoms with Gasteiger partial charge >= 0.3 is 6.18 Å². The summed E-state index contributed by atoms with van der Waals surface area (Å²) in [6, 6.07) is 26.3. The van der Waals surface area contributed by atoms with Gasteiger partial charge in [0, 0.05) is 11.4 Å². The molecule has 0 unspecified atom stereocenters. The van der Waals surface area contributed by atoms with Crippen molar-refractivity contribution in [1.82, 2.24) is 14.8 Å². The van der Waals surface area contributed by atoms with Crippen molar-refractivity contribution >= 4 is 23.4 Å². The van der Waals surface area contributed by atoms with E-state index >= 15 is 0 Å². The summed E-state index contributed by atoms with van der Waals surface area (Å²) >= 11 is 1.13. The maximum atomic E-state index is 13.5. The predicted octanol–water partition coefficient (Wildman–Crippen LogP) is 7.02. The highest BCUT2D eigenvalue weighted by Gasteiger charge is 2.31. The highest BCUT2D eigenvalue weighted by molar-refractivity contribution is 8.00. The van der Waals surface area contributed by atoms with Crippen LogP contribution in [-0.2, 0) is 11.0 Å². The van der Waals surface area contributed by atoms with Crippen molar-refractivity contribution in [2.75, 3.05) is 5.32 Å². The monoisotopic (exact) mass is 520 g/mol. The summed E-state index contributed by atoms with van der Waals surface area (Å²) in [6.45, 7) is 0. The minimum Gasteiger partial charge on any atom is -0.461 e. The van der Waals surface area contributed by atoms with Gasteiger partial charge in [0.2, 0.25) is 11.7 Å². The van der Waals surface area contributed by atoms with E-state index < -0.39 is 22.9 Å². The molecule has 6 nitrogen and oxygen atoms in total. The maximum Gasteiger partial charge on any atom is 0.416 e. The molecule has 0 aliphatic heterocycles. The number of anilines is 1. The Labute approximate surface area is 214 Å². The first-order valence-electron chi connectivity index (χ1n) is 11.1. The fourth-order valence-electron chi connectivity index (χ4n) is 3.71. The number of aromatic nitrogens is 3. The molecular weight excluding hydrogens is 501 g/mol. The Balaban J connectivity index is 1.52. The standard InChI is InChI=1S/C27H19F3N4O2S/c28-27(29,30)19-11-7-12-20(17-19)31-25(35)23(18-9-3-1-4-10-18)37-26-33-32-24(22-15-8-16-36-22)34(26)21-13-5-2-6-14-21/h1-17,23H,(H,31,35)/t23-/m1/s1. The third kappa shape index (κ3) is 5.44. The van der Waals surface area contributed by atoms with Crippen LogP contribution in [0.25, 0.3) is 17.3 Å². The molecule has 5 aromatic rings. The summed E-state index contributed by atoms with van der Waals surface area (Å²) in [6.07, 6.45) is -3.00. The van der Waals surface area contributed by atoms with Crippen molar-refractivity contribution in [2.45, 2.75) is 16.6 Å². The second-order valence-corrected chi connectivity index (χ2v) is 9.00. The lowest BCUT2D eigenvalue weighted by Gasteiger charge is -2.18. The molecule has 0 aliphatic carbocycles. The fraction of sp³-hybridized carbons (Fsp3) is 0.0741. The van der Waals surface area contributed by atoms with Crippen molar-refractivity contribution in [3.63, 3.8) is 0 Å². The van der Waals surface area contributed by atoms with Gasteiger partial charge in [-0.1, -0.05) is 66.4 Å². The fourth-order valence-corrected chi connectivity index (χ4v) is 4.76. The Bertz CT molecular complexity index is 1490. The van der Waals surface area contributed by atoms with Crippen molar-refractivity contribution in [2.24, 2.45) is 0 Å². The summed E-state index contributed by atoms with van der Waals surface area (Å²) in [4.78, 5) is 13.5. The van der Waals surface area contributed by atoms with E-state index in [2.05, 4.69) is 15.5 Å². The number of hydrogen-bond acceptors (Lipinski definition) is 5. The topological polar surface area (TPSA) is 73.0 Å². The van der Waals surface area contributed by atoms with E-state index in [0.717, 1.165) is 29.6 Å². The zero-order valence-corrected chi connectivity index (χ0v) is 19.9. The van der Waals surface area contributed by atoms with Gasteiger partial charge in [0.25, 0.3) is 0 Å². The Hall–Kier alpha value is -4.31. The van der Waals surface area contributed by atoms with Crippen LogP contribution >= 0.6 is 11.8 Å². The Morgan fingerprint density at radius 2 is 1.62 bits per heavy atom. The van der Waals surface area contributed by atoms with Gasteiger partial charge < -0.3 is 9.73 Å². The molecule has 0 aliphatic rings. The molecule has 0 radical (unpaired) electrons. The smallest absolute Gasteiger partial charge is 0.416 e. The molecule has 0 fully saturated rings. The number of nitrogens with one attached hydrogen (secondary N) is 1. The number of carbonyl (C=O) groups is 1.